The molecule has 9 nitrogen and oxygen atoms in total. The van der Waals surface area contributed by atoms with Gasteiger partial charge in [0.1, 0.15) is 9.88 Å². The van der Waals surface area contributed by atoms with E-state index in [1.54, 1.807) is 13.8 Å². The van der Waals surface area contributed by atoms with Gasteiger partial charge in [-0.25, -0.2) is 9.78 Å². The number of thiazole rings is 1. The van der Waals surface area contributed by atoms with Crippen molar-refractivity contribution in [3.05, 3.63) is 27.3 Å². The second kappa shape index (κ2) is 11.9. The van der Waals surface area contributed by atoms with Crippen molar-refractivity contribution < 1.29 is 14.1 Å². The Labute approximate surface area is 185 Å². The molecule has 2 rings (SSSR count). The summed E-state index contributed by atoms with van der Waals surface area (Å²) in [4.78, 5) is 25.7. The highest BCUT2D eigenvalue weighted by atomic mass is 127. The van der Waals surface area contributed by atoms with Crippen LogP contribution in [0.25, 0.3) is 0 Å². The summed E-state index contributed by atoms with van der Waals surface area (Å²) in [6, 6.07) is -0.111. The van der Waals surface area contributed by atoms with Crippen LogP contribution in [0.15, 0.2) is 9.52 Å². The molecule has 2 aromatic rings. The van der Waals surface area contributed by atoms with Crippen molar-refractivity contribution in [2.75, 3.05) is 19.7 Å². The molecule has 0 aromatic carbocycles. The molecule has 2 N–H and O–H groups in total. The predicted octanol–water partition coefficient (Wildman–Crippen LogP) is 2.80. The van der Waals surface area contributed by atoms with Crippen LogP contribution in [0.4, 0.5) is 0 Å². The molecule has 0 bridgehead atoms. The molecule has 28 heavy (non-hydrogen) atoms. The van der Waals surface area contributed by atoms with E-state index in [2.05, 4.69) is 30.8 Å². The van der Waals surface area contributed by atoms with E-state index in [0.29, 0.717) is 47.8 Å². The summed E-state index contributed by atoms with van der Waals surface area (Å²) < 4.78 is 10.2. The summed E-state index contributed by atoms with van der Waals surface area (Å²) in [5.41, 5.74) is 0.677. The Morgan fingerprint density at radius 2 is 2.07 bits per heavy atom. The number of aromatic nitrogens is 3. The first-order chi connectivity index (χ1) is 12.9. The number of esters is 1. The molecule has 2 heterocycles. The molecule has 0 aliphatic rings. The normalized spacial score (nSPS) is 12.2. The Morgan fingerprint density at radius 1 is 1.32 bits per heavy atom. The van der Waals surface area contributed by atoms with Crippen LogP contribution in [-0.2, 0) is 11.2 Å². The number of hydrogen-bond acceptors (Lipinski definition) is 8. The maximum Gasteiger partial charge on any atom is 0.350 e. The minimum absolute atomic E-state index is 0. The number of hydrogen-bond donors (Lipinski definition) is 2. The average molecular weight is 522 g/mol. The van der Waals surface area contributed by atoms with Crippen molar-refractivity contribution >= 4 is 47.2 Å². The van der Waals surface area contributed by atoms with E-state index in [4.69, 9.17) is 9.26 Å². The van der Waals surface area contributed by atoms with Gasteiger partial charge >= 0.3 is 5.97 Å². The summed E-state index contributed by atoms with van der Waals surface area (Å²) >= 11 is 1.34. The van der Waals surface area contributed by atoms with Gasteiger partial charge in [-0.3, -0.25) is 4.99 Å². The van der Waals surface area contributed by atoms with Crippen LogP contribution in [0.3, 0.4) is 0 Å². The third-order valence-corrected chi connectivity index (χ3v) is 4.83. The van der Waals surface area contributed by atoms with Crippen LogP contribution in [0.2, 0.25) is 0 Å². The van der Waals surface area contributed by atoms with E-state index in [0.717, 1.165) is 11.6 Å². The monoisotopic (exact) mass is 522 g/mol. The second-order valence-electron chi connectivity index (χ2n) is 5.80. The van der Waals surface area contributed by atoms with Crippen LogP contribution in [0.1, 0.15) is 58.9 Å². The van der Waals surface area contributed by atoms with Crippen LogP contribution in [0, 0.1) is 13.8 Å². The van der Waals surface area contributed by atoms with Gasteiger partial charge < -0.3 is 19.9 Å². The van der Waals surface area contributed by atoms with E-state index in [1.807, 2.05) is 20.8 Å². The van der Waals surface area contributed by atoms with E-state index < -0.39 is 0 Å². The van der Waals surface area contributed by atoms with Crippen LogP contribution < -0.4 is 10.6 Å². The van der Waals surface area contributed by atoms with Gasteiger partial charge in [-0.2, -0.15) is 4.98 Å². The number of nitrogens with zero attached hydrogens (tertiary/aromatic N) is 4. The Kier molecular flexibility index (Phi) is 10.4. The molecule has 0 radical (unpaired) electrons. The number of carbonyl (C=O) groups is 1. The molecule has 1 atom stereocenters. The highest BCUT2D eigenvalue weighted by Crippen LogP contribution is 2.24. The number of nitrogens with one attached hydrogen (secondary N) is 2. The number of aliphatic imine (C=N–C) groups is 1. The zero-order chi connectivity index (χ0) is 19.8. The summed E-state index contributed by atoms with van der Waals surface area (Å²) in [6.45, 7) is 10.9. The number of aryl methyl sites for hydroxylation is 2. The summed E-state index contributed by atoms with van der Waals surface area (Å²) in [6.07, 6.45) is 0.565. The van der Waals surface area contributed by atoms with Gasteiger partial charge in [0.2, 0.25) is 5.89 Å². The molecule has 0 spiro atoms. The third-order valence-electron chi connectivity index (χ3n) is 3.51. The van der Waals surface area contributed by atoms with Crippen LogP contribution >= 0.6 is 35.3 Å². The molecule has 0 saturated heterocycles. The van der Waals surface area contributed by atoms with Crippen molar-refractivity contribution in [2.45, 2.75) is 47.1 Å². The fourth-order valence-electron chi connectivity index (χ4n) is 2.28. The Morgan fingerprint density at radius 3 is 2.68 bits per heavy atom. The van der Waals surface area contributed by atoms with Gasteiger partial charge in [0.15, 0.2) is 11.8 Å². The van der Waals surface area contributed by atoms with E-state index in [9.17, 15) is 4.79 Å². The van der Waals surface area contributed by atoms with Gasteiger partial charge in [-0.1, -0.05) is 5.16 Å². The molecular weight excluding hydrogens is 495 g/mol. The van der Waals surface area contributed by atoms with Gasteiger partial charge in [0, 0.05) is 13.0 Å². The molecule has 0 aliphatic heterocycles. The first kappa shape index (κ1) is 24.3. The number of halogens is 1. The highest BCUT2D eigenvalue weighted by molar-refractivity contribution is 14.0. The average Bonchev–Trinajstić information content (AvgIpc) is 3.21. The van der Waals surface area contributed by atoms with Crippen molar-refractivity contribution in [2.24, 2.45) is 4.99 Å². The standard InChI is InChI=1S/C17H26N6O3S.HI/c1-6-18-17(19-9-8-13-22-12(5)23-26-13)21-11(4)15-20-10(3)14(27-15)16(24)25-7-2;/h11H,6-9H2,1-5H3,(H2,18,19,21);1H. The lowest BCUT2D eigenvalue weighted by Crippen LogP contribution is -2.38. The van der Waals surface area contributed by atoms with Crippen molar-refractivity contribution in [1.82, 2.24) is 25.8 Å². The third kappa shape index (κ3) is 7.00. The zero-order valence-electron chi connectivity index (χ0n) is 16.7. The fraction of sp³-hybridized carbons (Fsp3) is 0.588. The molecule has 0 saturated carbocycles. The quantitative estimate of drug-likeness (QED) is 0.236. The first-order valence-electron chi connectivity index (χ1n) is 8.93. The summed E-state index contributed by atoms with van der Waals surface area (Å²) in [7, 11) is 0. The molecule has 0 fully saturated rings. The van der Waals surface area contributed by atoms with Gasteiger partial charge in [-0.05, 0) is 34.6 Å². The second-order valence-corrected chi connectivity index (χ2v) is 6.83. The predicted molar refractivity (Wildman–Crippen MR) is 118 cm³/mol. The Hall–Kier alpha value is -1.76. The molecule has 11 heteroatoms. The number of guanidine groups is 1. The minimum atomic E-state index is -0.332. The molecule has 156 valence electrons. The lowest BCUT2D eigenvalue weighted by atomic mass is 10.3. The van der Waals surface area contributed by atoms with Crippen molar-refractivity contribution in [3.63, 3.8) is 0 Å². The minimum Gasteiger partial charge on any atom is -0.462 e. The SMILES string of the molecule is CCNC(=NCCc1nc(C)no1)NC(C)c1nc(C)c(C(=O)OCC)s1.I. The smallest absolute Gasteiger partial charge is 0.350 e. The zero-order valence-corrected chi connectivity index (χ0v) is 19.9. The Bertz CT molecular complexity index is 792. The van der Waals surface area contributed by atoms with Gasteiger partial charge in [0.25, 0.3) is 0 Å². The lowest BCUT2D eigenvalue weighted by molar-refractivity contribution is 0.0531. The lowest BCUT2D eigenvalue weighted by Gasteiger charge is -2.15. The first-order valence-corrected chi connectivity index (χ1v) is 9.74. The molecule has 1 unspecified atom stereocenters. The highest BCUT2D eigenvalue weighted by Gasteiger charge is 2.20. The molecule has 0 aliphatic carbocycles. The van der Waals surface area contributed by atoms with Crippen LogP contribution in [0.5, 0.6) is 0 Å². The maximum atomic E-state index is 12.0. The summed E-state index contributed by atoms with van der Waals surface area (Å²) in [5.74, 6) is 1.51. The largest absolute Gasteiger partial charge is 0.462 e. The number of rotatable bonds is 8. The van der Waals surface area contributed by atoms with Gasteiger partial charge in [-0.15, -0.1) is 35.3 Å². The van der Waals surface area contributed by atoms with E-state index >= 15 is 0 Å². The van der Waals surface area contributed by atoms with Crippen LogP contribution in [-0.4, -0.2) is 46.7 Å². The maximum absolute atomic E-state index is 12.0. The van der Waals surface area contributed by atoms with Gasteiger partial charge in [0.05, 0.1) is 24.9 Å². The van der Waals surface area contributed by atoms with Crippen molar-refractivity contribution in [1.29, 1.82) is 0 Å². The molecular formula is C17H27IN6O3S. The van der Waals surface area contributed by atoms with E-state index in [1.165, 1.54) is 11.3 Å². The molecule has 0 amide bonds. The topological polar surface area (TPSA) is 115 Å². The van der Waals surface area contributed by atoms with E-state index in [-0.39, 0.29) is 36.0 Å². The molecule has 2 aromatic heterocycles. The number of carbonyl (C=O) groups excluding carboxylic acids is 1. The fourth-order valence-corrected chi connectivity index (χ4v) is 3.24. The van der Waals surface area contributed by atoms with Crippen molar-refractivity contribution in [3.8, 4) is 0 Å². The Balaban J connectivity index is 0.00000392. The summed E-state index contributed by atoms with van der Waals surface area (Å²) in [5, 5.41) is 11.1. The number of ether oxygens (including phenoxy) is 1.